The first kappa shape index (κ1) is 16.8. The number of rotatable bonds is 4. The van der Waals surface area contributed by atoms with Crippen LogP contribution in [0.1, 0.15) is 45.0 Å². The highest BCUT2D eigenvalue weighted by Crippen LogP contribution is 2.46. The third-order valence-electron chi connectivity index (χ3n) is 6.33. The molecule has 2 heterocycles. The van der Waals surface area contributed by atoms with Crippen LogP contribution in [0, 0.1) is 11.8 Å². The molecule has 2 saturated carbocycles. The Balaban J connectivity index is 1.60. The van der Waals surface area contributed by atoms with E-state index in [0.29, 0.717) is 23.9 Å². The topological polar surface area (TPSA) is 68.9 Å². The third kappa shape index (κ3) is 2.64. The van der Waals surface area contributed by atoms with Crippen LogP contribution in [0.15, 0.2) is 4.99 Å². The molecular weight excluding hydrogens is 316 g/mol. The molecule has 1 aromatic heterocycles. The van der Waals surface area contributed by atoms with Crippen molar-refractivity contribution in [2.45, 2.75) is 57.5 Å². The summed E-state index contributed by atoms with van der Waals surface area (Å²) in [6, 6.07) is 0.812. The first-order chi connectivity index (χ1) is 11.9. The van der Waals surface area contributed by atoms with Gasteiger partial charge in [-0.3, -0.25) is 9.88 Å². The number of hydrogen-bond donors (Lipinski definition) is 2. The Morgan fingerprint density at radius 1 is 1.24 bits per heavy atom. The number of nitrogens with zero attached hydrogens (tertiary/aromatic N) is 5. The molecule has 25 heavy (non-hydrogen) atoms. The lowest BCUT2D eigenvalue weighted by atomic mass is 9.93. The van der Waals surface area contributed by atoms with Gasteiger partial charge < -0.3 is 14.9 Å². The smallest absolute Gasteiger partial charge is 0.207 e. The molecule has 7 nitrogen and oxygen atoms in total. The summed E-state index contributed by atoms with van der Waals surface area (Å²) in [5.74, 6) is 3.09. The van der Waals surface area contributed by atoms with Crippen molar-refractivity contribution in [1.82, 2.24) is 14.9 Å². The van der Waals surface area contributed by atoms with E-state index in [4.69, 9.17) is 9.98 Å². The second kappa shape index (κ2) is 5.99. The Morgan fingerprint density at radius 2 is 2.00 bits per heavy atom. The summed E-state index contributed by atoms with van der Waals surface area (Å²) >= 11 is 0. The van der Waals surface area contributed by atoms with Gasteiger partial charge in [0.15, 0.2) is 0 Å². The number of aliphatic imine (C=N–C) groups is 1. The molecule has 2 fully saturated rings. The van der Waals surface area contributed by atoms with Crippen LogP contribution in [0.3, 0.4) is 0 Å². The zero-order valence-corrected chi connectivity index (χ0v) is 15.8. The average Bonchev–Trinajstić information content (AvgIpc) is 3.22. The van der Waals surface area contributed by atoms with Crippen LogP contribution in [0.5, 0.6) is 0 Å². The third-order valence-corrected chi connectivity index (χ3v) is 6.33. The molecule has 2 N–H and O–H groups in total. The van der Waals surface area contributed by atoms with Crippen molar-refractivity contribution in [1.29, 1.82) is 0 Å². The predicted octanol–water partition coefficient (Wildman–Crippen LogP) is 1.49. The van der Waals surface area contributed by atoms with Gasteiger partial charge in [0.2, 0.25) is 5.95 Å². The molecule has 0 aromatic carbocycles. The monoisotopic (exact) mass is 346 g/mol. The molecule has 138 valence electrons. The molecule has 4 rings (SSSR count). The molecule has 0 saturated heterocycles. The summed E-state index contributed by atoms with van der Waals surface area (Å²) in [6.07, 6.45) is 4.81. The second-order valence-corrected chi connectivity index (χ2v) is 8.23. The molecule has 1 aliphatic heterocycles. The van der Waals surface area contributed by atoms with Gasteiger partial charge in [0.1, 0.15) is 17.7 Å². The van der Waals surface area contributed by atoms with Crippen LogP contribution < -0.4 is 15.1 Å². The zero-order valence-electron chi connectivity index (χ0n) is 15.8. The lowest BCUT2D eigenvalue weighted by molar-refractivity contribution is 0.100. The number of nitrogens with one attached hydrogen (secondary N) is 1. The van der Waals surface area contributed by atoms with Crippen molar-refractivity contribution in [2.24, 2.45) is 23.9 Å². The van der Waals surface area contributed by atoms with Crippen molar-refractivity contribution in [3.05, 3.63) is 5.69 Å². The van der Waals surface area contributed by atoms with E-state index in [0.717, 1.165) is 36.7 Å². The molecule has 1 aromatic rings. The SMILES string of the molecule is CC(C)N(C)c1nc2c(n1C)N(C)C=NC2NC1CC2CC1CC2O. The Bertz CT molecular complexity index is 681. The van der Waals surface area contributed by atoms with Gasteiger partial charge in [-0.1, -0.05) is 0 Å². The van der Waals surface area contributed by atoms with Gasteiger partial charge in [-0.15, -0.1) is 0 Å². The standard InChI is InChI=1S/C18H30N6O/c1-10(2)23(4)18-21-15-16(19-9-22(3)17(15)24(18)5)20-13-7-12-6-11(13)8-14(12)25/h9-14,16,20,25H,6-8H2,1-5H3. The number of aliphatic hydroxyl groups is 1. The van der Waals surface area contributed by atoms with Crippen LogP contribution in [-0.4, -0.2) is 53.3 Å². The van der Waals surface area contributed by atoms with Crippen molar-refractivity contribution in [3.63, 3.8) is 0 Å². The molecule has 2 aliphatic carbocycles. The van der Waals surface area contributed by atoms with Crippen molar-refractivity contribution in [2.75, 3.05) is 23.9 Å². The predicted molar refractivity (Wildman–Crippen MR) is 100 cm³/mol. The minimum Gasteiger partial charge on any atom is -0.393 e. The molecule has 3 aliphatic rings. The van der Waals surface area contributed by atoms with Crippen LogP contribution in [0.25, 0.3) is 0 Å². The van der Waals surface area contributed by atoms with E-state index in [1.54, 1.807) is 0 Å². The molecule has 0 radical (unpaired) electrons. The quantitative estimate of drug-likeness (QED) is 0.864. The van der Waals surface area contributed by atoms with Gasteiger partial charge in [0.25, 0.3) is 0 Å². The van der Waals surface area contributed by atoms with Gasteiger partial charge in [-0.25, -0.2) is 9.98 Å². The maximum atomic E-state index is 10.0. The molecular formula is C18H30N6O. The number of hydrogen-bond acceptors (Lipinski definition) is 6. The largest absolute Gasteiger partial charge is 0.393 e. The minimum atomic E-state index is -0.104. The van der Waals surface area contributed by atoms with Gasteiger partial charge in [-0.2, -0.15) is 0 Å². The van der Waals surface area contributed by atoms with Crippen LogP contribution in [-0.2, 0) is 7.05 Å². The van der Waals surface area contributed by atoms with E-state index in [1.807, 2.05) is 18.3 Å². The fourth-order valence-electron chi connectivity index (χ4n) is 4.71. The Kier molecular flexibility index (Phi) is 4.03. The van der Waals surface area contributed by atoms with E-state index >= 15 is 0 Å². The van der Waals surface area contributed by atoms with E-state index in [2.05, 4.69) is 42.7 Å². The Morgan fingerprint density at radius 3 is 2.60 bits per heavy atom. The molecule has 7 heteroatoms. The molecule has 2 bridgehead atoms. The second-order valence-electron chi connectivity index (χ2n) is 8.23. The lowest BCUT2D eigenvalue weighted by Gasteiger charge is -2.31. The van der Waals surface area contributed by atoms with Gasteiger partial charge in [0.05, 0.1) is 12.4 Å². The molecule has 5 atom stereocenters. The number of aliphatic hydroxyl groups excluding tert-OH is 1. The van der Waals surface area contributed by atoms with E-state index in [-0.39, 0.29) is 12.3 Å². The Labute approximate surface area is 149 Å². The normalized spacial score (nSPS) is 33.4. The van der Waals surface area contributed by atoms with Crippen LogP contribution in [0.2, 0.25) is 0 Å². The number of fused-ring (bicyclic) bond motifs is 3. The van der Waals surface area contributed by atoms with Gasteiger partial charge >= 0.3 is 0 Å². The fraction of sp³-hybridized carbons (Fsp3) is 0.778. The van der Waals surface area contributed by atoms with Crippen molar-refractivity contribution < 1.29 is 5.11 Å². The van der Waals surface area contributed by atoms with Crippen molar-refractivity contribution in [3.8, 4) is 0 Å². The first-order valence-corrected chi connectivity index (χ1v) is 9.36. The van der Waals surface area contributed by atoms with Gasteiger partial charge in [-0.05, 0) is 44.9 Å². The molecule has 0 spiro atoms. The first-order valence-electron chi connectivity index (χ1n) is 9.36. The van der Waals surface area contributed by atoms with Crippen molar-refractivity contribution >= 4 is 18.1 Å². The summed E-state index contributed by atoms with van der Waals surface area (Å²) in [6.45, 7) is 4.34. The average molecular weight is 346 g/mol. The minimum absolute atomic E-state index is 0.0965. The van der Waals surface area contributed by atoms with E-state index in [1.165, 1.54) is 0 Å². The maximum Gasteiger partial charge on any atom is 0.207 e. The summed E-state index contributed by atoms with van der Waals surface area (Å²) in [5.41, 5.74) is 0.998. The summed E-state index contributed by atoms with van der Waals surface area (Å²) in [7, 11) is 6.17. The Hall–Kier alpha value is -1.60. The molecule has 0 amide bonds. The van der Waals surface area contributed by atoms with E-state index in [9.17, 15) is 5.11 Å². The summed E-state index contributed by atoms with van der Waals surface area (Å²) < 4.78 is 2.15. The number of imidazole rings is 1. The van der Waals surface area contributed by atoms with Gasteiger partial charge in [0, 0.05) is 33.2 Å². The summed E-state index contributed by atoms with van der Waals surface area (Å²) in [5, 5.41) is 13.7. The highest BCUT2D eigenvalue weighted by atomic mass is 16.3. The van der Waals surface area contributed by atoms with E-state index < -0.39 is 0 Å². The fourth-order valence-corrected chi connectivity index (χ4v) is 4.71. The van der Waals surface area contributed by atoms with Crippen LogP contribution in [0.4, 0.5) is 11.8 Å². The maximum absolute atomic E-state index is 10.0. The summed E-state index contributed by atoms with van der Waals surface area (Å²) in [4.78, 5) is 13.9. The number of aromatic nitrogens is 2. The number of anilines is 2. The lowest BCUT2D eigenvalue weighted by Crippen LogP contribution is -2.40. The van der Waals surface area contributed by atoms with Crippen LogP contribution >= 0.6 is 0 Å². The highest BCUT2D eigenvalue weighted by molar-refractivity contribution is 5.81. The zero-order chi connectivity index (χ0) is 17.9. The highest BCUT2D eigenvalue weighted by Gasteiger charge is 2.46. The molecule has 5 unspecified atom stereocenters.